The molecule has 0 fully saturated rings. The van der Waals surface area contributed by atoms with Crippen molar-refractivity contribution in [2.75, 3.05) is 12.4 Å². The molecule has 1 amide bonds. The van der Waals surface area contributed by atoms with Crippen LogP contribution in [0.5, 0.6) is 0 Å². The fraction of sp³-hybridized carbons (Fsp3) is 0.136. The van der Waals surface area contributed by atoms with Crippen LogP contribution in [-0.4, -0.2) is 24.1 Å². The monoisotopic (exact) mass is 440 g/mol. The van der Waals surface area contributed by atoms with Crippen molar-refractivity contribution in [2.45, 2.75) is 13.3 Å². The average molecular weight is 441 g/mol. The van der Waals surface area contributed by atoms with E-state index >= 15 is 0 Å². The first-order chi connectivity index (χ1) is 14.5. The molecule has 2 aromatic heterocycles. The number of halogens is 1. The van der Waals surface area contributed by atoms with Crippen LogP contribution in [-0.2, 0) is 16.0 Å². The maximum atomic E-state index is 12.7. The predicted molar refractivity (Wildman–Crippen MR) is 117 cm³/mol. The molecule has 0 saturated carbocycles. The van der Waals surface area contributed by atoms with Crippen LogP contribution in [0.4, 0.5) is 5.00 Å². The van der Waals surface area contributed by atoms with Crippen LogP contribution in [0.3, 0.4) is 0 Å². The molecule has 2 heterocycles. The second kappa shape index (κ2) is 8.30. The number of ether oxygens (including phenoxy) is 1. The van der Waals surface area contributed by atoms with Crippen LogP contribution in [0, 0.1) is 6.92 Å². The third kappa shape index (κ3) is 3.94. The summed E-state index contributed by atoms with van der Waals surface area (Å²) in [5.74, 6) is -0.833. The molecule has 0 saturated heterocycles. The Kier molecular flexibility index (Phi) is 5.57. The van der Waals surface area contributed by atoms with Gasteiger partial charge in [-0.1, -0.05) is 40.5 Å². The lowest BCUT2D eigenvalue weighted by atomic mass is 10.0. The summed E-state index contributed by atoms with van der Waals surface area (Å²) < 4.78 is 10.2. The molecular formula is C22H17ClN2O4S. The minimum Gasteiger partial charge on any atom is -0.465 e. The molecule has 0 atom stereocenters. The molecular weight excluding hydrogens is 424 g/mol. The maximum absolute atomic E-state index is 12.7. The van der Waals surface area contributed by atoms with Gasteiger partial charge >= 0.3 is 5.97 Å². The third-order valence-electron chi connectivity index (χ3n) is 4.62. The fourth-order valence-electron chi connectivity index (χ4n) is 3.15. The Labute approximate surface area is 181 Å². The summed E-state index contributed by atoms with van der Waals surface area (Å²) in [4.78, 5) is 25.2. The van der Waals surface area contributed by atoms with Crippen molar-refractivity contribution in [3.05, 3.63) is 69.7 Å². The first-order valence-corrected chi connectivity index (χ1v) is 10.3. The first kappa shape index (κ1) is 20.1. The number of nitrogens with one attached hydrogen (secondary N) is 1. The Hall–Kier alpha value is -3.16. The van der Waals surface area contributed by atoms with Crippen molar-refractivity contribution in [1.29, 1.82) is 0 Å². The molecule has 4 aromatic rings. The number of esters is 1. The summed E-state index contributed by atoms with van der Waals surface area (Å²) in [6.07, 6.45) is 0.0191. The Morgan fingerprint density at radius 3 is 2.70 bits per heavy atom. The standard InChI is InChI=1S/C22H17ClN2O4S/c1-12-3-8-18-15(9-12)17(25-29-18)10-19(26)24-21-20(22(27)28-2)16(11-30-21)13-4-6-14(23)7-5-13/h3-9,11H,10H2,1-2H3,(H,24,26). The average Bonchev–Trinajstić information content (AvgIpc) is 3.32. The number of nitrogens with zero attached hydrogens (tertiary/aromatic N) is 1. The molecule has 0 spiro atoms. The van der Waals surface area contributed by atoms with E-state index in [1.165, 1.54) is 18.4 Å². The third-order valence-corrected chi connectivity index (χ3v) is 5.76. The second-order valence-electron chi connectivity index (χ2n) is 6.71. The van der Waals surface area contributed by atoms with Crippen molar-refractivity contribution in [3.63, 3.8) is 0 Å². The van der Waals surface area contributed by atoms with E-state index in [9.17, 15) is 9.59 Å². The number of amides is 1. The van der Waals surface area contributed by atoms with Crippen molar-refractivity contribution in [2.24, 2.45) is 0 Å². The highest BCUT2D eigenvalue weighted by atomic mass is 35.5. The van der Waals surface area contributed by atoms with Crippen LogP contribution in [0.25, 0.3) is 22.1 Å². The Bertz CT molecular complexity index is 1240. The summed E-state index contributed by atoms with van der Waals surface area (Å²) >= 11 is 7.22. The van der Waals surface area contributed by atoms with Crippen LogP contribution in [0.1, 0.15) is 21.6 Å². The van der Waals surface area contributed by atoms with Gasteiger partial charge in [-0.05, 0) is 36.8 Å². The van der Waals surface area contributed by atoms with Gasteiger partial charge in [0.1, 0.15) is 16.3 Å². The lowest BCUT2D eigenvalue weighted by Gasteiger charge is -2.07. The van der Waals surface area contributed by atoms with Crippen molar-refractivity contribution >= 4 is 50.8 Å². The number of carbonyl (C=O) groups is 2. The van der Waals surface area contributed by atoms with Crippen molar-refractivity contribution in [3.8, 4) is 11.1 Å². The lowest BCUT2D eigenvalue weighted by molar-refractivity contribution is -0.115. The normalized spacial score (nSPS) is 10.9. The number of anilines is 1. The number of hydrogen-bond donors (Lipinski definition) is 1. The number of aromatic nitrogens is 1. The topological polar surface area (TPSA) is 81.4 Å². The summed E-state index contributed by atoms with van der Waals surface area (Å²) in [6.45, 7) is 1.96. The maximum Gasteiger partial charge on any atom is 0.341 e. The Morgan fingerprint density at radius 2 is 1.97 bits per heavy atom. The first-order valence-electron chi connectivity index (χ1n) is 9.06. The lowest BCUT2D eigenvalue weighted by Crippen LogP contribution is -2.16. The van der Waals surface area contributed by atoms with Gasteiger partial charge in [0.2, 0.25) is 5.91 Å². The minimum absolute atomic E-state index is 0.0191. The SMILES string of the molecule is COC(=O)c1c(-c2ccc(Cl)cc2)csc1NC(=O)Cc1noc2ccc(C)cc12. The molecule has 8 heteroatoms. The molecule has 2 aromatic carbocycles. The van der Waals surface area contributed by atoms with Gasteiger partial charge in [-0.2, -0.15) is 0 Å². The van der Waals surface area contributed by atoms with E-state index in [-0.39, 0.29) is 12.3 Å². The van der Waals surface area contributed by atoms with Crippen LogP contribution < -0.4 is 5.32 Å². The highest BCUT2D eigenvalue weighted by Crippen LogP contribution is 2.36. The van der Waals surface area contributed by atoms with E-state index in [4.69, 9.17) is 20.9 Å². The molecule has 6 nitrogen and oxygen atoms in total. The largest absolute Gasteiger partial charge is 0.465 e. The number of methoxy groups -OCH3 is 1. The number of hydrogen-bond acceptors (Lipinski definition) is 6. The highest BCUT2D eigenvalue weighted by Gasteiger charge is 2.23. The summed E-state index contributed by atoms with van der Waals surface area (Å²) in [5.41, 5.74) is 3.99. The van der Waals surface area contributed by atoms with Crippen LogP contribution in [0.2, 0.25) is 5.02 Å². The van der Waals surface area contributed by atoms with E-state index in [0.717, 1.165) is 16.5 Å². The Balaban J connectivity index is 1.62. The van der Waals surface area contributed by atoms with E-state index in [2.05, 4.69) is 10.5 Å². The molecule has 4 rings (SSSR count). The number of fused-ring (bicyclic) bond motifs is 1. The molecule has 0 aliphatic heterocycles. The quantitative estimate of drug-likeness (QED) is 0.415. The van der Waals surface area contributed by atoms with E-state index in [1.54, 1.807) is 17.5 Å². The number of carbonyl (C=O) groups excluding carboxylic acids is 2. The zero-order valence-corrected chi connectivity index (χ0v) is 17.8. The zero-order valence-electron chi connectivity index (χ0n) is 16.2. The van der Waals surface area contributed by atoms with E-state index in [0.29, 0.717) is 32.4 Å². The zero-order chi connectivity index (χ0) is 21.3. The van der Waals surface area contributed by atoms with Gasteiger partial charge in [0.25, 0.3) is 0 Å². The molecule has 1 N–H and O–H groups in total. The highest BCUT2D eigenvalue weighted by molar-refractivity contribution is 7.15. The second-order valence-corrected chi connectivity index (χ2v) is 8.02. The van der Waals surface area contributed by atoms with Gasteiger partial charge in [0.15, 0.2) is 5.58 Å². The molecule has 0 unspecified atom stereocenters. The molecule has 0 aliphatic rings. The van der Waals surface area contributed by atoms with Crippen molar-refractivity contribution in [1.82, 2.24) is 5.16 Å². The number of rotatable bonds is 5. The van der Waals surface area contributed by atoms with Crippen molar-refractivity contribution < 1.29 is 18.8 Å². The smallest absolute Gasteiger partial charge is 0.341 e. The molecule has 0 bridgehead atoms. The van der Waals surface area contributed by atoms with Crippen LogP contribution >= 0.6 is 22.9 Å². The molecule has 0 radical (unpaired) electrons. The van der Waals surface area contributed by atoms with Gasteiger partial charge in [-0.15, -0.1) is 11.3 Å². The molecule has 30 heavy (non-hydrogen) atoms. The van der Waals surface area contributed by atoms with Gasteiger partial charge in [0, 0.05) is 21.4 Å². The molecule has 152 valence electrons. The number of aryl methyl sites for hydroxylation is 1. The van der Waals surface area contributed by atoms with E-state index in [1.807, 2.05) is 37.3 Å². The summed E-state index contributed by atoms with van der Waals surface area (Å²) in [6, 6.07) is 12.8. The number of benzene rings is 2. The predicted octanol–water partition coefficient (Wildman–Crippen LogP) is 5.49. The Morgan fingerprint density at radius 1 is 1.20 bits per heavy atom. The van der Waals surface area contributed by atoms with Crippen LogP contribution in [0.15, 0.2) is 52.4 Å². The van der Waals surface area contributed by atoms with Gasteiger partial charge < -0.3 is 14.6 Å². The van der Waals surface area contributed by atoms with Gasteiger partial charge in [0.05, 0.1) is 13.5 Å². The minimum atomic E-state index is -0.529. The summed E-state index contributed by atoms with van der Waals surface area (Å²) in [5, 5.41) is 10.4. The molecule has 0 aliphatic carbocycles. The summed E-state index contributed by atoms with van der Waals surface area (Å²) in [7, 11) is 1.31. The van der Waals surface area contributed by atoms with Gasteiger partial charge in [-0.3, -0.25) is 4.79 Å². The number of thiophene rings is 1. The van der Waals surface area contributed by atoms with E-state index < -0.39 is 5.97 Å². The fourth-order valence-corrected chi connectivity index (χ4v) is 4.25. The van der Waals surface area contributed by atoms with Gasteiger partial charge in [-0.25, -0.2) is 4.79 Å².